The summed E-state index contributed by atoms with van der Waals surface area (Å²) in [7, 11) is -1.76. The number of anilines is 1. The fourth-order valence-corrected chi connectivity index (χ4v) is 5.06. The first kappa shape index (κ1) is 17.9. The van der Waals surface area contributed by atoms with Crippen molar-refractivity contribution in [3.05, 3.63) is 53.7 Å². The molecule has 2 heterocycles. The third kappa shape index (κ3) is 3.70. The quantitative estimate of drug-likeness (QED) is 0.842. The van der Waals surface area contributed by atoms with Crippen molar-refractivity contribution in [2.24, 2.45) is 0 Å². The van der Waals surface area contributed by atoms with Crippen LogP contribution in [0.3, 0.4) is 0 Å². The van der Waals surface area contributed by atoms with Gasteiger partial charge in [-0.25, -0.2) is 13.4 Å². The Bertz CT molecular complexity index is 829. The minimum Gasteiger partial charge on any atom is -0.357 e. The lowest BCUT2D eigenvalue weighted by Gasteiger charge is -2.36. The zero-order valence-corrected chi connectivity index (χ0v) is 15.8. The first-order valence-corrected chi connectivity index (χ1v) is 10.0. The summed E-state index contributed by atoms with van der Waals surface area (Å²) in [4.78, 5) is 7.01. The van der Waals surface area contributed by atoms with Gasteiger partial charge in [0.25, 0.3) is 0 Å². The first-order valence-electron chi connectivity index (χ1n) is 8.61. The standard InChI is InChI=1S/C19H25N3O2S/c1-15-7-8-18(16(2)14-15)25(23,24)21(3)17-9-12-22(13-10-17)19-6-4-5-11-20-19/h4-8,11,14,17H,9-10,12-13H2,1-3H3. The molecule has 0 unspecified atom stereocenters. The van der Waals surface area contributed by atoms with Crippen LogP contribution in [0.1, 0.15) is 24.0 Å². The molecule has 0 saturated carbocycles. The number of rotatable bonds is 4. The van der Waals surface area contributed by atoms with Crippen LogP contribution in [0.4, 0.5) is 5.82 Å². The number of nitrogens with zero attached hydrogens (tertiary/aromatic N) is 3. The van der Waals surface area contributed by atoms with Crippen LogP contribution in [0, 0.1) is 13.8 Å². The normalized spacial score (nSPS) is 16.4. The monoisotopic (exact) mass is 359 g/mol. The van der Waals surface area contributed by atoms with Gasteiger partial charge in [0.1, 0.15) is 5.82 Å². The van der Waals surface area contributed by atoms with Gasteiger partial charge in [-0.1, -0.05) is 23.8 Å². The second-order valence-corrected chi connectivity index (χ2v) is 8.66. The van der Waals surface area contributed by atoms with Crippen molar-refractivity contribution in [2.75, 3.05) is 25.0 Å². The molecule has 0 amide bonds. The Balaban J connectivity index is 1.72. The number of pyridine rings is 1. The van der Waals surface area contributed by atoms with Crippen molar-refractivity contribution in [3.63, 3.8) is 0 Å². The van der Waals surface area contributed by atoms with Gasteiger partial charge in [0.2, 0.25) is 10.0 Å². The molecule has 134 valence electrons. The minimum absolute atomic E-state index is 0.0191. The average Bonchev–Trinajstić information content (AvgIpc) is 2.61. The summed E-state index contributed by atoms with van der Waals surface area (Å²) in [5, 5.41) is 0. The van der Waals surface area contributed by atoms with Gasteiger partial charge in [0.15, 0.2) is 0 Å². The van der Waals surface area contributed by atoms with Crippen LogP contribution in [0.2, 0.25) is 0 Å². The van der Waals surface area contributed by atoms with E-state index in [0.29, 0.717) is 4.90 Å². The molecule has 0 bridgehead atoms. The Labute approximate surface area is 150 Å². The van der Waals surface area contributed by atoms with E-state index in [1.165, 1.54) is 0 Å². The number of piperidine rings is 1. The highest BCUT2D eigenvalue weighted by atomic mass is 32.2. The number of aryl methyl sites for hydroxylation is 2. The van der Waals surface area contributed by atoms with E-state index >= 15 is 0 Å². The van der Waals surface area contributed by atoms with Crippen molar-refractivity contribution in [1.82, 2.24) is 9.29 Å². The van der Waals surface area contributed by atoms with E-state index in [1.54, 1.807) is 23.6 Å². The molecule has 1 aromatic heterocycles. The third-order valence-corrected chi connectivity index (χ3v) is 7.01. The van der Waals surface area contributed by atoms with Gasteiger partial charge >= 0.3 is 0 Å². The molecule has 5 nitrogen and oxygen atoms in total. The summed E-state index contributed by atoms with van der Waals surface area (Å²) in [5.74, 6) is 0.959. The molecule has 1 aliphatic heterocycles. The lowest BCUT2D eigenvalue weighted by atomic mass is 10.1. The maximum atomic E-state index is 13.0. The van der Waals surface area contributed by atoms with E-state index < -0.39 is 10.0 Å². The molecular weight excluding hydrogens is 334 g/mol. The summed E-state index contributed by atoms with van der Waals surface area (Å²) in [5.41, 5.74) is 1.88. The van der Waals surface area contributed by atoms with Crippen molar-refractivity contribution >= 4 is 15.8 Å². The Morgan fingerprint density at radius 3 is 2.44 bits per heavy atom. The van der Waals surface area contributed by atoms with E-state index in [0.717, 1.165) is 42.9 Å². The molecule has 1 aliphatic rings. The third-order valence-electron chi connectivity index (χ3n) is 4.94. The number of aromatic nitrogens is 1. The zero-order chi connectivity index (χ0) is 18.0. The van der Waals surface area contributed by atoms with Gasteiger partial charge in [-0.15, -0.1) is 0 Å². The van der Waals surface area contributed by atoms with E-state index in [2.05, 4.69) is 9.88 Å². The molecule has 1 saturated heterocycles. The number of hydrogen-bond donors (Lipinski definition) is 0. The summed E-state index contributed by atoms with van der Waals surface area (Å²) in [6, 6.07) is 11.4. The smallest absolute Gasteiger partial charge is 0.243 e. The van der Waals surface area contributed by atoms with Crippen LogP contribution in [0.15, 0.2) is 47.5 Å². The van der Waals surface area contributed by atoms with Crippen LogP contribution in [0.5, 0.6) is 0 Å². The summed E-state index contributed by atoms with van der Waals surface area (Å²) in [6.45, 7) is 5.46. The van der Waals surface area contributed by atoms with Crippen molar-refractivity contribution in [2.45, 2.75) is 37.6 Å². The van der Waals surface area contributed by atoms with Crippen molar-refractivity contribution < 1.29 is 8.42 Å². The van der Waals surface area contributed by atoms with Gasteiger partial charge in [0.05, 0.1) is 4.90 Å². The first-order chi connectivity index (χ1) is 11.9. The molecule has 3 rings (SSSR count). The molecule has 1 fully saturated rings. The second kappa shape index (κ2) is 7.14. The van der Waals surface area contributed by atoms with Gasteiger partial charge in [-0.05, 0) is 50.5 Å². The molecule has 0 aliphatic carbocycles. The van der Waals surface area contributed by atoms with E-state index in [1.807, 2.05) is 44.2 Å². The highest BCUT2D eigenvalue weighted by Gasteiger charge is 2.31. The lowest BCUT2D eigenvalue weighted by molar-refractivity contribution is 0.311. The number of sulfonamides is 1. The molecular formula is C19H25N3O2S. The SMILES string of the molecule is Cc1ccc(S(=O)(=O)N(C)C2CCN(c3ccccn3)CC2)c(C)c1. The van der Waals surface area contributed by atoms with E-state index in [4.69, 9.17) is 0 Å². The Morgan fingerprint density at radius 1 is 1.12 bits per heavy atom. The summed E-state index contributed by atoms with van der Waals surface area (Å²) >= 11 is 0. The van der Waals surface area contributed by atoms with Crippen molar-refractivity contribution in [3.8, 4) is 0 Å². The number of hydrogen-bond acceptors (Lipinski definition) is 4. The zero-order valence-electron chi connectivity index (χ0n) is 15.0. The summed E-state index contributed by atoms with van der Waals surface area (Å²) in [6.07, 6.45) is 3.40. The van der Waals surface area contributed by atoms with Gasteiger partial charge < -0.3 is 4.90 Å². The molecule has 25 heavy (non-hydrogen) atoms. The maximum absolute atomic E-state index is 13.0. The van der Waals surface area contributed by atoms with Crippen LogP contribution in [-0.4, -0.2) is 43.9 Å². The largest absolute Gasteiger partial charge is 0.357 e. The predicted molar refractivity (Wildman–Crippen MR) is 100 cm³/mol. The lowest BCUT2D eigenvalue weighted by Crippen LogP contribution is -2.45. The minimum atomic E-state index is -3.47. The van der Waals surface area contributed by atoms with Crippen LogP contribution < -0.4 is 4.90 Å². The highest BCUT2D eigenvalue weighted by molar-refractivity contribution is 7.89. The van der Waals surface area contributed by atoms with Crippen LogP contribution >= 0.6 is 0 Å². The highest BCUT2D eigenvalue weighted by Crippen LogP contribution is 2.26. The molecule has 2 aromatic rings. The van der Waals surface area contributed by atoms with Crippen LogP contribution in [0.25, 0.3) is 0 Å². The molecule has 0 atom stereocenters. The van der Waals surface area contributed by atoms with E-state index in [-0.39, 0.29) is 6.04 Å². The fraction of sp³-hybridized carbons (Fsp3) is 0.421. The Hall–Kier alpha value is -1.92. The Morgan fingerprint density at radius 2 is 1.84 bits per heavy atom. The summed E-state index contributed by atoms with van der Waals surface area (Å²) < 4.78 is 27.6. The van der Waals surface area contributed by atoms with Crippen LogP contribution in [-0.2, 0) is 10.0 Å². The molecule has 6 heteroatoms. The maximum Gasteiger partial charge on any atom is 0.243 e. The van der Waals surface area contributed by atoms with Gasteiger partial charge in [0, 0.05) is 32.4 Å². The second-order valence-electron chi connectivity index (χ2n) is 6.70. The molecule has 0 N–H and O–H groups in total. The van der Waals surface area contributed by atoms with Crippen molar-refractivity contribution in [1.29, 1.82) is 0 Å². The Kier molecular flexibility index (Phi) is 5.11. The average molecular weight is 359 g/mol. The van der Waals surface area contributed by atoms with Gasteiger partial charge in [-0.3, -0.25) is 0 Å². The fourth-order valence-electron chi connectivity index (χ4n) is 3.44. The molecule has 0 spiro atoms. The van der Waals surface area contributed by atoms with Gasteiger partial charge in [-0.2, -0.15) is 4.31 Å². The predicted octanol–water partition coefficient (Wildman–Crippen LogP) is 2.99. The molecule has 1 aromatic carbocycles. The molecule has 0 radical (unpaired) electrons. The topological polar surface area (TPSA) is 53.5 Å². The number of benzene rings is 1. The van der Waals surface area contributed by atoms with E-state index in [9.17, 15) is 8.42 Å².